The lowest BCUT2D eigenvalue weighted by Gasteiger charge is -2.32. The highest BCUT2D eigenvalue weighted by atomic mass is 16.4. The summed E-state index contributed by atoms with van der Waals surface area (Å²) in [4.78, 5) is 24.5. The van der Waals surface area contributed by atoms with Crippen molar-refractivity contribution in [2.45, 2.75) is 25.8 Å². The second kappa shape index (κ2) is 6.40. The molecule has 1 aromatic rings. The number of aromatic nitrogens is 2. The molecule has 0 spiro atoms. The van der Waals surface area contributed by atoms with E-state index in [9.17, 15) is 9.59 Å². The van der Waals surface area contributed by atoms with E-state index in [0.717, 1.165) is 18.4 Å². The van der Waals surface area contributed by atoms with Crippen LogP contribution in [0.1, 0.15) is 24.8 Å². The predicted molar refractivity (Wildman–Crippen MR) is 72.0 cm³/mol. The van der Waals surface area contributed by atoms with Gasteiger partial charge < -0.3 is 15.3 Å². The van der Waals surface area contributed by atoms with Crippen LogP contribution in [0.2, 0.25) is 0 Å². The summed E-state index contributed by atoms with van der Waals surface area (Å²) in [5.41, 5.74) is 0.944. The Morgan fingerprint density at radius 3 is 3.00 bits per heavy atom. The van der Waals surface area contributed by atoms with Crippen LogP contribution in [-0.4, -0.2) is 44.9 Å². The summed E-state index contributed by atoms with van der Waals surface area (Å²) in [6.07, 6.45) is 5.43. The lowest BCUT2D eigenvalue weighted by molar-refractivity contribution is -0.138. The van der Waals surface area contributed by atoms with Crippen LogP contribution in [0.25, 0.3) is 0 Å². The van der Waals surface area contributed by atoms with E-state index in [2.05, 4.69) is 10.4 Å². The largest absolute Gasteiger partial charge is 0.481 e. The molecule has 0 saturated carbocycles. The van der Waals surface area contributed by atoms with Crippen LogP contribution in [0, 0.1) is 5.92 Å². The lowest BCUT2D eigenvalue weighted by atomic mass is 9.95. The Labute approximate surface area is 117 Å². The highest BCUT2D eigenvalue weighted by molar-refractivity contribution is 5.74. The van der Waals surface area contributed by atoms with Gasteiger partial charge in [0, 0.05) is 44.9 Å². The summed E-state index contributed by atoms with van der Waals surface area (Å²) in [6, 6.07) is -0.135. The number of hydrogen-bond acceptors (Lipinski definition) is 3. The van der Waals surface area contributed by atoms with Crippen molar-refractivity contribution in [2.24, 2.45) is 13.0 Å². The summed E-state index contributed by atoms with van der Waals surface area (Å²) < 4.78 is 1.69. The van der Waals surface area contributed by atoms with Gasteiger partial charge in [-0.3, -0.25) is 9.48 Å². The molecule has 0 aliphatic carbocycles. The van der Waals surface area contributed by atoms with Crippen molar-refractivity contribution in [2.75, 3.05) is 13.1 Å². The first-order valence-electron chi connectivity index (χ1n) is 6.76. The first kappa shape index (κ1) is 14.4. The maximum atomic E-state index is 12.0. The summed E-state index contributed by atoms with van der Waals surface area (Å²) in [7, 11) is 1.83. The van der Waals surface area contributed by atoms with Gasteiger partial charge in [-0.2, -0.15) is 5.10 Å². The number of carbonyl (C=O) groups excluding carboxylic acids is 1. The van der Waals surface area contributed by atoms with Gasteiger partial charge in [-0.1, -0.05) is 0 Å². The average Bonchev–Trinajstić information content (AvgIpc) is 2.81. The summed E-state index contributed by atoms with van der Waals surface area (Å²) in [5, 5.41) is 15.7. The number of aliphatic carboxylic acids is 1. The Bertz CT molecular complexity index is 486. The van der Waals surface area contributed by atoms with Crippen molar-refractivity contribution < 1.29 is 14.7 Å². The monoisotopic (exact) mass is 280 g/mol. The van der Waals surface area contributed by atoms with E-state index < -0.39 is 5.97 Å². The van der Waals surface area contributed by atoms with E-state index in [1.54, 1.807) is 15.8 Å². The molecule has 1 aliphatic heterocycles. The fourth-order valence-corrected chi connectivity index (χ4v) is 2.52. The molecule has 1 atom stereocenters. The van der Waals surface area contributed by atoms with Crippen LogP contribution in [0.3, 0.4) is 0 Å². The van der Waals surface area contributed by atoms with Crippen LogP contribution in [0.15, 0.2) is 12.4 Å². The molecule has 1 unspecified atom stereocenters. The zero-order valence-electron chi connectivity index (χ0n) is 11.6. The number of urea groups is 1. The number of nitrogens with zero attached hydrogens (tertiary/aromatic N) is 3. The maximum Gasteiger partial charge on any atom is 0.317 e. The number of likely N-dealkylation sites (tertiary alicyclic amines) is 1. The van der Waals surface area contributed by atoms with Gasteiger partial charge in [-0.05, 0) is 18.8 Å². The normalized spacial score (nSPS) is 18.9. The van der Waals surface area contributed by atoms with Gasteiger partial charge in [-0.25, -0.2) is 4.79 Å². The second-order valence-corrected chi connectivity index (χ2v) is 5.23. The van der Waals surface area contributed by atoms with Gasteiger partial charge in [0.1, 0.15) is 0 Å². The van der Waals surface area contributed by atoms with Crippen LogP contribution in [0.4, 0.5) is 4.79 Å². The van der Waals surface area contributed by atoms with E-state index in [4.69, 9.17) is 5.11 Å². The zero-order chi connectivity index (χ0) is 14.5. The van der Waals surface area contributed by atoms with Crippen molar-refractivity contribution in [1.29, 1.82) is 0 Å². The van der Waals surface area contributed by atoms with Crippen LogP contribution in [-0.2, 0) is 18.4 Å². The Kier molecular flexibility index (Phi) is 4.60. The summed E-state index contributed by atoms with van der Waals surface area (Å²) in [6.45, 7) is 1.65. The molecule has 0 aromatic carbocycles. The number of nitrogens with one attached hydrogen (secondary N) is 1. The quantitative estimate of drug-likeness (QED) is 0.854. The third kappa shape index (κ3) is 3.97. The van der Waals surface area contributed by atoms with Gasteiger partial charge in [-0.15, -0.1) is 0 Å². The molecule has 1 aromatic heterocycles. The molecule has 2 amide bonds. The van der Waals surface area contributed by atoms with E-state index in [1.165, 1.54) is 0 Å². The fraction of sp³-hybridized carbons (Fsp3) is 0.615. The maximum absolute atomic E-state index is 12.0. The molecule has 20 heavy (non-hydrogen) atoms. The summed E-state index contributed by atoms with van der Waals surface area (Å²) >= 11 is 0. The van der Waals surface area contributed by atoms with Crippen molar-refractivity contribution in [3.63, 3.8) is 0 Å². The standard InChI is InChI=1S/C13H20N4O3/c1-16-8-11(7-15-16)6-14-13(20)17-4-2-3-10(9-17)5-12(18)19/h7-8,10H,2-6,9H2,1H3,(H,14,20)(H,18,19). The Balaban J connectivity index is 1.81. The smallest absolute Gasteiger partial charge is 0.317 e. The number of aryl methyl sites for hydroxylation is 1. The predicted octanol–water partition coefficient (Wildman–Crippen LogP) is 0.816. The van der Waals surface area contributed by atoms with Gasteiger partial charge in [0.15, 0.2) is 0 Å². The van der Waals surface area contributed by atoms with E-state index in [-0.39, 0.29) is 18.4 Å². The van der Waals surface area contributed by atoms with Gasteiger partial charge >= 0.3 is 12.0 Å². The molecule has 110 valence electrons. The zero-order valence-corrected chi connectivity index (χ0v) is 11.6. The van der Waals surface area contributed by atoms with Crippen LogP contribution in [0.5, 0.6) is 0 Å². The fourth-order valence-electron chi connectivity index (χ4n) is 2.52. The number of carboxylic acid groups (broad SMARTS) is 1. The van der Waals surface area contributed by atoms with Gasteiger partial charge in [0.25, 0.3) is 0 Å². The highest BCUT2D eigenvalue weighted by Crippen LogP contribution is 2.19. The van der Waals surface area contributed by atoms with E-state index in [1.807, 2.05) is 13.2 Å². The molecule has 1 aliphatic rings. The van der Waals surface area contributed by atoms with Crippen molar-refractivity contribution in [1.82, 2.24) is 20.0 Å². The van der Waals surface area contributed by atoms with E-state index in [0.29, 0.717) is 19.6 Å². The molecule has 2 heterocycles. The Morgan fingerprint density at radius 1 is 1.55 bits per heavy atom. The number of amides is 2. The third-order valence-corrected chi connectivity index (χ3v) is 3.47. The van der Waals surface area contributed by atoms with Crippen LogP contribution >= 0.6 is 0 Å². The molecular weight excluding hydrogens is 260 g/mol. The minimum Gasteiger partial charge on any atom is -0.481 e. The Morgan fingerprint density at radius 2 is 2.35 bits per heavy atom. The first-order valence-corrected chi connectivity index (χ1v) is 6.76. The number of carbonyl (C=O) groups is 2. The molecule has 0 bridgehead atoms. The second-order valence-electron chi connectivity index (χ2n) is 5.23. The molecule has 0 radical (unpaired) electrons. The lowest BCUT2D eigenvalue weighted by Crippen LogP contribution is -2.45. The molecule has 1 fully saturated rings. The summed E-state index contributed by atoms with van der Waals surface area (Å²) in [5.74, 6) is -0.738. The third-order valence-electron chi connectivity index (χ3n) is 3.47. The average molecular weight is 280 g/mol. The number of hydrogen-bond donors (Lipinski definition) is 2. The molecule has 7 heteroatoms. The number of piperidine rings is 1. The highest BCUT2D eigenvalue weighted by Gasteiger charge is 2.25. The molecule has 2 rings (SSSR count). The number of rotatable bonds is 4. The van der Waals surface area contributed by atoms with Gasteiger partial charge in [0.2, 0.25) is 0 Å². The van der Waals surface area contributed by atoms with Crippen LogP contribution < -0.4 is 5.32 Å². The van der Waals surface area contributed by atoms with Crippen molar-refractivity contribution >= 4 is 12.0 Å². The number of carboxylic acids is 1. The van der Waals surface area contributed by atoms with Gasteiger partial charge in [0.05, 0.1) is 6.20 Å². The Hall–Kier alpha value is -2.05. The minimum absolute atomic E-state index is 0.0605. The SMILES string of the molecule is Cn1cc(CNC(=O)N2CCCC(CC(=O)O)C2)cn1. The molecule has 1 saturated heterocycles. The van der Waals surface area contributed by atoms with Crippen molar-refractivity contribution in [3.8, 4) is 0 Å². The molecule has 7 nitrogen and oxygen atoms in total. The minimum atomic E-state index is -0.799. The topological polar surface area (TPSA) is 87.5 Å². The van der Waals surface area contributed by atoms with E-state index >= 15 is 0 Å². The molecule has 2 N–H and O–H groups in total. The molecular formula is C13H20N4O3. The van der Waals surface area contributed by atoms with Crippen molar-refractivity contribution in [3.05, 3.63) is 18.0 Å². The first-order chi connectivity index (χ1) is 9.54.